The Morgan fingerprint density at radius 3 is 2.38 bits per heavy atom. The normalized spacial score (nSPS) is 38.4. The van der Waals surface area contributed by atoms with Gasteiger partial charge in [-0.3, -0.25) is 10.1 Å². The lowest BCUT2D eigenvalue weighted by atomic mass is 9.53. The molecule has 1 atom stereocenters. The van der Waals surface area contributed by atoms with Crippen LogP contribution in [0.5, 0.6) is 0 Å². The molecule has 21 heavy (non-hydrogen) atoms. The number of thiol groups is 1. The highest BCUT2D eigenvalue weighted by Gasteiger charge is 2.51. The van der Waals surface area contributed by atoms with Crippen LogP contribution in [0.15, 0.2) is 16.8 Å². The fourth-order valence-corrected chi connectivity index (χ4v) is 6.12. The Morgan fingerprint density at radius 1 is 1.24 bits per heavy atom. The minimum absolute atomic E-state index is 0.0347. The maximum Gasteiger partial charge on any atom is 0.251 e. The largest absolute Gasteiger partial charge is 0.323 e. The third kappa shape index (κ3) is 2.76. The van der Waals surface area contributed by atoms with Crippen molar-refractivity contribution in [2.75, 3.05) is 5.32 Å². The number of hydrogen-bond donors (Lipinski definition) is 3. The lowest BCUT2D eigenvalue weighted by Gasteiger charge is -2.57. The van der Waals surface area contributed by atoms with E-state index in [1.54, 1.807) is 11.3 Å². The number of carbonyl (C=O) groups excluding carboxylic acids is 1. The zero-order valence-electron chi connectivity index (χ0n) is 12.0. The SMILES string of the molecule is O=C(Nc1ccsc1)C(S)NC12CC3CC(CC(C3)C1)C2. The van der Waals surface area contributed by atoms with Gasteiger partial charge < -0.3 is 5.32 Å². The fraction of sp³-hybridized carbons (Fsp3) is 0.688. The van der Waals surface area contributed by atoms with Crippen molar-refractivity contribution in [3.05, 3.63) is 16.8 Å². The molecule has 5 heteroatoms. The van der Waals surface area contributed by atoms with Gasteiger partial charge in [-0.25, -0.2) is 0 Å². The van der Waals surface area contributed by atoms with Crippen LogP contribution in [0.25, 0.3) is 0 Å². The Bertz CT molecular complexity index is 493. The molecule has 4 bridgehead atoms. The quantitative estimate of drug-likeness (QED) is 0.586. The van der Waals surface area contributed by atoms with Gasteiger partial charge >= 0.3 is 0 Å². The Morgan fingerprint density at radius 2 is 1.86 bits per heavy atom. The molecule has 4 saturated carbocycles. The van der Waals surface area contributed by atoms with Crippen molar-refractivity contribution in [1.29, 1.82) is 0 Å². The van der Waals surface area contributed by atoms with Gasteiger partial charge in [0.1, 0.15) is 5.37 Å². The van der Waals surface area contributed by atoms with Crippen LogP contribution >= 0.6 is 24.0 Å². The van der Waals surface area contributed by atoms with Gasteiger partial charge in [0.2, 0.25) is 0 Å². The predicted molar refractivity (Wildman–Crippen MR) is 89.8 cm³/mol. The summed E-state index contributed by atoms with van der Waals surface area (Å²) in [6, 6.07) is 1.92. The van der Waals surface area contributed by atoms with Crippen molar-refractivity contribution in [1.82, 2.24) is 5.32 Å². The van der Waals surface area contributed by atoms with Gasteiger partial charge in [0.25, 0.3) is 5.91 Å². The van der Waals surface area contributed by atoms with E-state index in [0.717, 1.165) is 23.4 Å². The van der Waals surface area contributed by atoms with Crippen molar-refractivity contribution in [3.8, 4) is 0 Å². The summed E-state index contributed by atoms with van der Waals surface area (Å²) in [5.41, 5.74) is 1.05. The van der Waals surface area contributed by atoms with E-state index in [-0.39, 0.29) is 11.4 Å². The molecule has 3 nitrogen and oxygen atoms in total. The van der Waals surface area contributed by atoms with Crippen molar-refractivity contribution in [2.24, 2.45) is 17.8 Å². The minimum atomic E-state index is -0.416. The molecule has 0 spiro atoms. The van der Waals surface area contributed by atoms with Crippen LogP contribution in [0.2, 0.25) is 0 Å². The molecular formula is C16H22N2OS2. The molecule has 0 aliphatic heterocycles. The highest BCUT2D eigenvalue weighted by atomic mass is 32.1. The average Bonchev–Trinajstić information content (AvgIpc) is 2.89. The second-order valence-electron chi connectivity index (χ2n) is 7.25. The van der Waals surface area contributed by atoms with E-state index in [9.17, 15) is 4.79 Å². The van der Waals surface area contributed by atoms with Crippen molar-refractivity contribution < 1.29 is 4.79 Å². The summed E-state index contributed by atoms with van der Waals surface area (Å²) in [5.74, 6) is 2.60. The molecule has 0 saturated heterocycles. The van der Waals surface area contributed by atoms with Crippen molar-refractivity contribution in [2.45, 2.75) is 49.4 Å². The molecule has 0 aromatic carbocycles. The van der Waals surface area contributed by atoms with E-state index in [2.05, 4.69) is 23.3 Å². The van der Waals surface area contributed by atoms with Crippen molar-refractivity contribution >= 4 is 35.6 Å². The first-order valence-electron chi connectivity index (χ1n) is 7.91. The van der Waals surface area contributed by atoms with Gasteiger partial charge in [-0.1, -0.05) is 0 Å². The molecule has 5 rings (SSSR count). The molecule has 2 N–H and O–H groups in total. The van der Waals surface area contributed by atoms with Crippen molar-refractivity contribution in [3.63, 3.8) is 0 Å². The number of amides is 1. The van der Waals surface area contributed by atoms with Gasteiger partial charge in [0.15, 0.2) is 0 Å². The van der Waals surface area contributed by atoms with Crippen LogP contribution in [0, 0.1) is 17.8 Å². The number of rotatable bonds is 4. The van der Waals surface area contributed by atoms with E-state index in [0.29, 0.717) is 0 Å². The van der Waals surface area contributed by atoms with Gasteiger partial charge in [-0.2, -0.15) is 24.0 Å². The van der Waals surface area contributed by atoms with Crippen LogP contribution in [0.1, 0.15) is 38.5 Å². The van der Waals surface area contributed by atoms with Crippen LogP contribution in [0.3, 0.4) is 0 Å². The molecule has 4 aliphatic rings. The molecule has 1 unspecified atom stereocenters. The van der Waals surface area contributed by atoms with Crippen LogP contribution in [0.4, 0.5) is 5.69 Å². The zero-order chi connectivity index (χ0) is 14.4. The summed E-state index contributed by atoms with van der Waals surface area (Å²) in [6.45, 7) is 0. The molecule has 1 amide bonds. The second kappa shape index (κ2) is 5.28. The van der Waals surface area contributed by atoms with Crippen LogP contribution in [-0.2, 0) is 4.79 Å². The summed E-state index contributed by atoms with van der Waals surface area (Å²) < 4.78 is 0. The van der Waals surface area contributed by atoms with E-state index in [1.807, 2.05) is 16.8 Å². The first-order valence-corrected chi connectivity index (χ1v) is 9.37. The monoisotopic (exact) mass is 322 g/mol. The average molecular weight is 322 g/mol. The lowest BCUT2D eigenvalue weighted by molar-refractivity contribution is -0.117. The standard InChI is InChI=1S/C16H22N2OS2/c19-14(17-13-1-2-21-9-13)15(20)18-16-6-10-3-11(7-16)5-12(4-10)8-16/h1-2,9-12,15,18,20H,3-8H2,(H,17,19). The number of anilines is 1. The molecule has 1 aromatic rings. The zero-order valence-corrected chi connectivity index (χ0v) is 13.8. The topological polar surface area (TPSA) is 41.1 Å². The first-order chi connectivity index (χ1) is 10.1. The number of thiophene rings is 1. The van der Waals surface area contributed by atoms with E-state index in [1.165, 1.54) is 38.5 Å². The summed E-state index contributed by atoms with van der Waals surface area (Å²) in [7, 11) is 0. The third-order valence-electron chi connectivity index (χ3n) is 5.52. The van der Waals surface area contributed by atoms with Gasteiger partial charge in [0, 0.05) is 10.9 Å². The fourth-order valence-electron chi connectivity index (χ4n) is 5.19. The molecule has 0 radical (unpaired) electrons. The third-order valence-corrected chi connectivity index (χ3v) is 6.57. The highest BCUT2D eigenvalue weighted by Crippen LogP contribution is 2.55. The Balaban J connectivity index is 1.42. The summed E-state index contributed by atoms with van der Waals surface area (Å²) in [6.07, 6.45) is 7.96. The molecular weight excluding hydrogens is 300 g/mol. The lowest BCUT2D eigenvalue weighted by Crippen LogP contribution is -2.61. The molecule has 4 fully saturated rings. The molecule has 114 valence electrons. The second-order valence-corrected chi connectivity index (χ2v) is 8.54. The minimum Gasteiger partial charge on any atom is -0.323 e. The molecule has 4 aliphatic carbocycles. The highest BCUT2D eigenvalue weighted by molar-refractivity contribution is 7.81. The molecule has 1 aromatic heterocycles. The number of carbonyl (C=O) groups is 1. The smallest absolute Gasteiger partial charge is 0.251 e. The molecule has 1 heterocycles. The van der Waals surface area contributed by atoms with E-state index in [4.69, 9.17) is 0 Å². The van der Waals surface area contributed by atoms with E-state index < -0.39 is 5.37 Å². The predicted octanol–water partition coefficient (Wildman–Crippen LogP) is 3.50. The van der Waals surface area contributed by atoms with E-state index >= 15 is 0 Å². The first kappa shape index (κ1) is 14.1. The summed E-state index contributed by atoms with van der Waals surface area (Å²) in [4.78, 5) is 12.3. The Labute approximate surface area is 135 Å². The summed E-state index contributed by atoms with van der Waals surface area (Å²) >= 11 is 6.12. The van der Waals surface area contributed by atoms with Crippen LogP contribution in [-0.4, -0.2) is 16.8 Å². The number of hydrogen-bond acceptors (Lipinski definition) is 4. The van der Waals surface area contributed by atoms with Gasteiger partial charge in [0.05, 0.1) is 5.69 Å². The Kier molecular flexibility index (Phi) is 3.55. The van der Waals surface area contributed by atoms with Crippen LogP contribution < -0.4 is 10.6 Å². The number of nitrogens with one attached hydrogen (secondary N) is 2. The van der Waals surface area contributed by atoms with Gasteiger partial charge in [-0.05, 0) is 67.7 Å². The maximum absolute atomic E-state index is 12.3. The maximum atomic E-state index is 12.3. The summed E-state index contributed by atoms with van der Waals surface area (Å²) in [5, 5.41) is 10.0. The Hall–Kier alpha value is -0.520. The van der Waals surface area contributed by atoms with Gasteiger partial charge in [-0.15, -0.1) is 0 Å².